The first-order valence-electron chi connectivity index (χ1n) is 11.4. The van der Waals surface area contributed by atoms with Gasteiger partial charge in [-0.1, -0.05) is 24.6 Å². The fourth-order valence-electron chi connectivity index (χ4n) is 6.26. The van der Waals surface area contributed by atoms with Crippen molar-refractivity contribution >= 4 is 5.91 Å². The number of benzene rings is 2. The van der Waals surface area contributed by atoms with Crippen LogP contribution in [0.5, 0.6) is 5.75 Å². The number of rotatable bonds is 5. The molecule has 4 nitrogen and oxygen atoms in total. The van der Waals surface area contributed by atoms with E-state index in [1.165, 1.54) is 57.2 Å². The topological polar surface area (TPSA) is 55.6 Å². The Labute approximate surface area is 179 Å². The summed E-state index contributed by atoms with van der Waals surface area (Å²) in [5.41, 5.74) is 9.51. The highest BCUT2D eigenvalue weighted by Crippen LogP contribution is 2.48. The van der Waals surface area contributed by atoms with Gasteiger partial charge in [0.05, 0.1) is 7.11 Å². The lowest BCUT2D eigenvalue weighted by Gasteiger charge is -2.40. The Balaban J connectivity index is 1.32. The number of hydrogen-bond acceptors (Lipinski definition) is 3. The highest BCUT2D eigenvalue weighted by molar-refractivity contribution is 5.93. The lowest BCUT2D eigenvalue weighted by atomic mass is 9.85. The minimum atomic E-state index is -0.390. The van der Waals surface area contributed by atoms with E-state index < -0.39 is 0 Å². The SMILES string of the molecule is COc1ccc(-c2ccc(C(N)=O)cc2)cc1C1CCN(C2C[C@H]3CC[C@H]2C3)CC1. The van der Waals surface area contributed by atoms with E-state index >= 15 is 0 Å². The molecular formula is C26H32N2O2. The van der Waals surface area contributed by atoms with Crippen LogP contribution in [0.1, 0.15) is 60.4 Å². The maximum absolute atomic E-state index is 11.4. The molecule has 2 aliphatic carbocycles. The summed E-state index contributed by atoms with van der Waals surface area (Å²) in [4.78, 5) is 14.1. The van der Waals surface area contributed by atoms with E-state index in [0.29, 0.717) is 11.5 Å². The Morgan fingerprint density at radius 2 is 1.70 bits per heavy atom. The third-order valence-corrected chi connectivity index (χ3v) is 7.87. The number of carbonyl (C=O) groups excluding carboxylic acids is 1. The van der Waals surface area contributed by atoms with Crippen molar-refractivity contribution in [2.75, 3.05) is 20.2 Å². The average Bonchev–Trinajstić information content (AvgIpc) is 3.43. The van der Waals surface area contributed by atoms with Gasteiger partial charge in [-0.25, -0.2) is 0 Å². The molecule has 0 aromatic heterocycles. The van der Waals surface area contributed by atoms with Crippen LogP contribution < -0.4 is 10.5 Å². The average molecular weight is 405 g/mol. The van der Waals surface area contributed by atoms with Crippen molar-refractivity contribution in [3.05, 3.63) is 53.6 Å². The van der Waals surface area contributed by atoms with E-state index in [4.69, 9.17) is 10.5 Å². The molecule has 0 spiro atoms. The van der Waals surface area contributed by atoms with Gasteiger partial charge in [-0.05, 0) is 104 Å². The number of nitrogens with zero attached hydrogens (tertiary/aromatic N) is 1. The van der Waals surface area contributed by atoms with Crippen LogP contribution >= 0.6 is 0 Å². The zero-order chi connectivity index (χ0) is 20.7. The van der Waals surface area contributed by atoms with Crippen LogP contribution in [-0.4, -0.2) is 37.0 Å². The molecule has 2 N–H and O–H groups in total. The molecule has 2 bridgehead atoms. The molecule has 30 heavy (non-hydrogen) atoms. The smallest absolute Gasteiger partial charge is 0.248 e. The summed E-state index contributed by atoms with van der Waals surface area (Å²) in [6.45, 7) is 2.42. The molecule has 3 aliphatic rings. The number of likely N-dealkylation sites (tertiary alicyclic amines) is 1. The quantitative estimate of drug-likeness (QED) is 0.777. The summed E-state index contributed by atoms with van der Waals surface area (Å²) in [5, 5.41) is 0. The number of hydrogen-bond donors (Lipinski definition) is 1. The lowest BCUT2D eigenvalue weighted by molar-refractivity contribution is 0.100. The van der Waals surface area contributed by atoms with Crippen LogP contribution in [0.15, 0.2) is 42.5 Å². The van der Waals surface area contributed by atoms with Crippen LogP contribution in [0.4, 0.5) is 0 Å². The third kappa shape index (κ3) is 3.62. The maximum Gasteiger partial charge on any atom is 0.248 e. The molecule has 3 fully saturated rings. The Kier molecular flexibility index (Phi) is 5.28. The van der Waals surface area contributed by atoms with Gasteiger partial charge in [0.2, 0.25) is 5.91 Å². The van der Waals surface area contributed by atoms with Gasteiger partial charge >= 0.3 is 0 Å². The normalized spacial score (nSPS) is 26.8. The van der Waals surface area contributed by atoms with Crippen molar-refractivity contribution in [2.45, 2.75) is 50.5 Å². The van der Waals surface area contributed by atoms with Crippen LogP contribution in [0, 0.1) is 11.8 Å². The molecule has 2 aromatic carbocycles. The summed E-state index contributed by atoms with van der Waals surface area (Å²) in [6.07, 6.45) is 8.26. The zero-order valence-electron chi connectivity index (χ0n) is 17.8. The van der Waals surface area contributed by atoms with E-state index in [-0.39, 0.29) is 5.91 Å². The number of primary amides is 1. The van der Waals surface area contributed by atoms with Crippen molar-refractivity contribution in [3.8, 4) is 16.9 Å². The number of piperidine rings is 1. The Hall–Kier alpha value is -2.33. The van der Waals surface area contributed by atoms with E-state index in [2.05, 4.69) is 23.1 Å². The van der Waals surface area contributed by atoms with Crippen LogP contribution in [-0.2, 0) is 0 Å². The monoisotopic (exact) mass is 404 g/mol. The summed E-state index contributed by atoms with van der Waals surface area (Å²) >= 11 is 0. The van der Waals surface area contributed by atoms with Gasteiger partial charge in [0.15, 0.2) is 0 Å². The first-order valence-corrected chi connectivity index (χ1v) is 11.4. The maximum atomic E-state index is 11.4. The molecule has 1 amide bonds. The van der Waals surface area contributed by atoms with Crippen molar-refractivity contribution in [2.24, 2.45) is 17.6 Å². The highest BCUT2D eigenvalue weighted by Gasteiger charge is 2.43. The minimum absolute atomic E-state index is 0.390. The van der Waals surface area contributed by atoms with Crippen molar-refractivity contribution in [1.82, 2.24) is 4.90 Å². The van der Waals surface area contributed by atoms with Crippen molar-refractivity contribution < 1.29 is 9.53 Å². The van der Waals surface area contributed by atoms with Gasteiger partial charge in [-0.15, -0.1) is 0 Å². The number of nitrogens with two attached hydrogens (primary N) is 1. The molecule has 0 radical (unpaired) electrons. The molecular weight excluding hydrogens is 372 g/mol. The van der Waals surface area contributed by atoms with Crippen LogP contribution in [0.25, 0.3) is 11.1 Å². The fraction of sp³-hybridized carbons (Fsp3) is 0.500. The molecule has 158 valence electrons. The lowest BCUT2D eigenvalue weighted by Crippen LogP contribution is -2.43. The fourth-order valence-corrected chi connectivity index (χ4v) is 6.26. The van der Waals surface area contributed by atoms with Crippen molar-refractivity contribution in [3.63, 3.8) is 0 Å². The number of carbonyl (C=O) groups is 1. The standard InChI is InChI=1S/C26H32N2O2/c1-30-25-9-8-21(18-4-6-20(7-5-18)26(27)29)16-23(25)19-10-12-28(13-11-19)24-15-17-2-3-22(24)14-17/h4-9,16-17,19,22,24H,2-3,10-15H2,1H3,(H2,27,29)/t17-,22-,24?/m0/s1. The number of amides is 1. The predicted molar refractivity (Wildman–Crippen MR) is 120 cm³/mol. The summed E-state index contributed by atoms with van der Waals surface area (Å²) in [6, 6.07) is 14.9. The summed E-state index contributed by atoms with van der Waals surface area (Å²) < 4.78 is 5.73. The number of fused-ring (bicyclic) bond motifs is 2. The van der Waals surface area contributed by atoms with Gasteiger partial charge in [0.1, 0.15) is 5.75 Å². The second-order valence-corrected chi connectivity index (χ2v) is 9.45. The molecule has 1 saturated heterocycles. The number of methoxy groups -OCH3 is 1. The van der Waals surface area contributed by atoms with Gasteiger partial charge in [0.25, 0.3) is 0 Å². The second kappa shape index (κ2) is 8.07. The molecule has 3 atom stereocenters. The molecule has 2 saturated carbocycles. The van der Waals surface area contributed by atoms with E-state index in [1.807, 2.05) is 12.1 Å². The van der Waals surface area contributed by atoms with Crippen LogP contribution in [0.3, 0.4) is 0 Å². The molecule has 2 aromatic rings. The molecule has 5 rings (SSSR count). The Bertz CT molecular complexity index is 915. The van der Waals surface area contributed by atoms with Gasteiger partial charge in [-0.2, -0.15) is 0 Å². The van der Waals surface area contributed by atoms with Crippen LogP contribution in [0.2, 0.25) is 0 Å². The zero-order valence-corrected chi connectivity index (χ0v) is 17.8. The molecule has 1 heterocycles. The minimum Gasteiger partial charge on any atom is -0.496 e. The van der Waals surface area contributed by atoms with Crippen molar-refractivity contribution in [1.29, 1.82) is 0 Å². The summed E-state index contributed by atoms with van der Waals surface area (Å²) in [5.74, 6) is 3.12. The highest BCUT2D eigenvalue weighted by atomic mass is 16.5. The number of ether oxygens (including phenoxy) is 1. The van der Waals surface area contributed by atoms with E-state index in [0.717, 1.165) is 34.8 Å². The predicted octanol–water partition coefficient (Wildman–Crippen LogP) is 4.83. The first kappa shape index (κ1) is 19.6. The molecule has 4 heteroatoms. The van der Waals surface area contributed by atoms with Gasteiger partial charge in [-0.3, -0.25) is 4.79 Å². The summed E-state index contributed by atoms with van der Waals surface area (Å²) in [7, 11) is 1.77. The first-order chi connectivity index (χ1) is 14.6. The Morgan fingerprint density at radius 3 is 2.30 bits per heavy atom. The van der Waals surface area contributed by atoms with Gasteiger partial charge < -0.3 is 15.4 Å². The van der Waals surface area contributed by atoms with E-state index in [1.54, 1.807) is 19.2 Å². The van der Waals surface area contributed by atoms with E-state index in [9.17, 15) is 4.79 Å². The second-order valence-electron chi connectivity index (χ2n) is 9.45. The molecule has 1 aliphatic heterocycles. The van der Waals surface area contributed by atoms with Gasteiger partial charge in [0, 0.05) is 11.6 Å². The molecule has 1 unspecified atom stereocenters. The third-order valence-electron chi connectivity index (χ3n) is 7.87. The Morgan fingerprint density at radius 1 is 0.967 bits per heavy atom. The largest absolute Gasteiger partial charge is 0.496 e.